The zero-order valence-corrected chi connectivity index (χ0v) is 13.1. The molecule has 0 radical (unpaired) electrons. The third kappa shape index (κ3) is 5.10. The number of rotatable bonds is 7. The van der Waals surface area contributed by atoms with Crippen LogP contribution in [0.2, 0.25) is 0 Å². The molecule has 0 amide bonds. The molecule has 0 aliphatic rings. The van der Waals surface area contributed by atoms with Gasteiger partial charge in [0.25, 0.3) is 0 Å². The summed E-state index contributed by atoms with van der Waals surface area (Å²) in [6, 6.07) is 16.4. The van der Waals surface area contributed by atoms with E-state index in [9.17, 15) is 0 Å². The van der Waals surface area contributed by atoms with Gasteiger partial charge in [-0.15, -0.1) is 0 Å². The van der Waals surface area contributed by atoms with Gasteiger partial charge in [-0.05, 0) is 45.2 Å². The van der Waals surface area contributed by atoms with Gasteiger partial charge in [-0.25, -0.2) is 0 Å². The predicted molar refractivity (Wildman–Crippen MR) is 87.9 cm³/mol. The molecule has 0 aliphatic carbocycles. The van der Waals surface area contributed by atoms with Crippen molar-refractivity contribution in [2.45, 2.75) is 39.2 Å². The fourth-order valence-corrected chi connectivity index (χ4v) is 2.22. The number of benzene rings is 1. The average molecular weight is 284 g/mol. The lowest BCUT2D eigenvalue weighted by molar-refractivity contribution is 0.327. The fourth-order valence-electron chi connectivity index (χ4n) is 2.22. The highest BCUT2D eigenvalue weighted by atomic mass is 16.5. The molecule has 0 atom stereocenters. The Morgan fingerprint density at radius 1 is 1.05 bits per heavy atom. The van der Waals surface area contributed by atoms with E-state index in [1.54, 1.807) is 0 Å². The Bertz CT molecular complexity index is 552. The predicted octanol–water partition coefficient (Wildman–Crippen LogP) is 4.30. The van der Waals surface area contributed by atoms with Gasteiger partial charge in [-0.3, -0.25) is 0 Å². The zero-order chi connectivity index (χ0) is 15.1. The number of nitrogens with one attached hydrogen (secondary N) is 1. The van der Waals surface area contributed by atoms with Crippen molar-refractivity contribution in [1.82, 2.24) is 4.98 Å². The van der Waals surface area contributed by atoms with Gasteiger partial charge >= 0.3 is 0 Å². The second-order valence-corrected chi connectivity index (χ2v) is 5.79. The van der Waals surface area contributed by atoms with E-state index in [0.717, 1.165) is 18.7 Å². The number of hydrogen-bond donors (Lipinski definition) is 1. The summed E-state index contributed by atoms with van der Waals surface area (Å²) in [5.74, 6) is 1.53. The van der Waals surface area contributed by atoms with Crippen molar-refractivity contribution in [2.24, 2.45) is 0 Å². The van der Waals surface area contributed by atoms with E-state index in [1.807, 2.05) is 25.1 Å². The minimum absolute atomic E-state index is 0.0202. The summed E-state index contributed by atoms with van der Waals surface area (Å²) in [4.78, 5) is 4.47. The second-order valence-electron chi connectivity index (χ2n) is 5.79. The van der Waals surface area contributed by atoms with Crippen LogP contribution in [-0.2, 0) is 6.42 Å². The molecule has 3 nitrogen and oxygen atoms in total. The molecule has 0 saturated heterocycles. The van der Waals surface area contributed by atoms with Crippen LogP contribution in [0.3, 0.4) is 0 Å². The maximum atomic E-state index is 5.44. The third-order valence-corrected chi connectivity index (χ3v) is 3.36. The Kier molecular flexibility index (Phi) is 5.20. The van der Waals surface area contributed by atoms with Crippen molar-refractivity contribution < 1.29 is 4.74 Å². The van der Waals surface area contributed by atoms with E-state index in [0.29, 0.717) is 12.5 Å². The molecule has 1 aromatic heterocycles. The van der Waals surface area contributed by atoms with Crippen LogP contribution in [0.4, 0.5) is 5.82 Å². The molecule has 1 aromatic carbocycles. The topological polar surface area (TPSA) is 34.1 Å². The van der Waals surface area contributed by atoms with Gasteiger partial charge < -0.3 is 10.1 Å². The highest BCUT2D eigenvalue weighted by Crippen LogP contribution is 2.20. The first-order valence-electron chi connectivity index (χ1n) is 7.51. The maximum absolute atomic E-state index is 5.44. The number of anilines is 1. The van der Waals surface area contributed by atoms with E-state index >= 15 is 0 Å². The second kappa shape index (κ2) is 7.11. The van der Waals surface area contributed by atoms with Crippen LogP contribution < -0.4 is 10.1 Å². The molecule has 3 heteroatoms. The smallest absolute Gasteiger partial charge is 0.215 e. The van der Waals surface area contributed by atoms with Crippen LogP contribution in [0.25, 0.3) is 0 Å². The van der Waals surface area contributed by atoms with Crippen LogP contribution in [0.1, 0.15) is 32.8 Å². The molecule has 0 saturated carbocycles. The standard InChI is InChI=1S/C18H24N2O/c1-4-21-17-12-8-11-16(19-17)20-18(2,3)14-13-15-9-6-5-7-10-15/h5-12H,4,13-14H2,1-3H3,(H,19,20). The molecular weight excluding hydrogens is 260 g/mol. The van der Waals surface area contributed by atoms with Crippen molar-refractivity contribution in [1.29, 1.82) is 0 Å². The number of aryl methyl sites for hydroxylation is 1. The number of pyridine rings is 1. The van der Waals surface area contributed by atoms with Gasteiger partial charge in [0.1, 0.15) is 5.82 Å². The van der Waals surface area contributed by atoms with Gasteiger partial charge in [0.2, 0.25) is 5.88 Å². The third-order valence-electron chi connectivity index (χ3n) is 3.36. The molecule has 0 spiro atoms. The van der Waals surface area contributed by atoms with Gasteiger partial charge in [-0.2, -0.15) is 4.98 Å². The molecule has 21 heavy (non-hydrogen) atoms. The van der Waals surface area contributed by atoms with Crippen molar-refractivity contribution >= 4 is 5.82 Å². The summed E-state index contributed by atoms with van der Waals surface area (Å²) in [5.41, 5.74) is 1.34. The largest absolute Gasteiger partial charge is 0.478 e. The molecule has 1 N–H and O–H groups in total. The first-order chi connectivity index (χ1) is 10.1. The van der Waals surface area contributed by atoms with E-state index in [1.165, 1.54) is 5.56 Å². The molecule has 2 rings (SSSR count). The quantitative estimate of drug-likeness (QED) is 0.823. The Labute approximate surface area is 127 Å². The number of ether oxygens (including phenoxy) is 1. The van der Waals surface area contributed by atoms with Gasteiger partial charge in [0.05, 0.1) is 6.61 Å². The average Bonchev–Trinajstić information content (AvgIpc) is 2.47. The van der Waals surface area contributed by atoms with Crippen LogP contribution in [0.5, 0.6) is 5.88 Å². The Balaban J connectivity index is 1.95. The van der Waals surface area contributed by atoms with E-state index in [2.05, 4.69) is 54.5 Å². The van der Waals surface area contributed by atoms with Crippen molar-refractivity contribution in [3.63, 3.8) is 0 Å². The van der Waals surface area contributed by atoms with E-state index in [4.69, 9.17) is 4.74 Å². The summed E-state index contributed by atoms with van der Waals surface area (Å²) in [6.07, 6.45) is 2.09. The highest BCUT2D eigenvalue weighted by molar-refractivity contribution is 5.39. The molecule has 0 aliphatic heterocycles. The van der Waals surface area contributed by atoms with Crippen molar-refractivity contribution in [3.8, 4) is 5.88 Å². The Morgan fingerprint density at radius 2 is 1.81 bits per heavy atom. The van der Waals surface area contributed by atoms with Gasteiger partial charge in [-0.1, -0.05) is 36.4 Å². The first kappa shape index (κ1) is 15.4. The molecule has 0 bridgehead atoms. The maximum Gasteiger partial charge on any atom is 0.215 e. The molecule has 2 aromatic rings. The summed E-state index contributed by atoms with van der Waals surface area (Å²) in [7, 11) is 0. The number of hydrogen-bond acceptors (Lipinski definition) is 3. The molecule has 0 unspecified atom stereocenters. The lowest BCUT2D eigenvalue weighted by Crippen LogP contribution is -2.31. The van der Waals surface area contributed by atoms with Crippen LogP contribution in [-0.4, -0.2) is 17.1 Å². The fraction of sp³-hybridized carbons (Fsp3) is 0.389. The van der Waals surface area contributed by atoms with Crippen LogP contribution in [0.15, 0.2) is 48.5 Å². The lowest BCUT2D eigenvalue weighted by Gasteiger charge is -2.27. The summed E-state index contributed by atoms with van der Waals surface area (Å²) in [6.45, 7) is 7.00. The Hall–Kier alpha value is -2.03. The zero-order valence-electron chi connectivity index (χ0n) is 13.1. The van der Waals surface area contributed by atoms with Gasteiger partial charge in [0, 0.05) is 11.6 Å². The monoisotopic (exact) mass is 284 g/mol. The van der Waals surface area contributed by atoms with E-state index < -0.39 is 0 Å². The molecule has 0 fully saturated rings. The first-order valence-corrected chi connectivity index (χ1v) is 7.51. The summed E-state index contributed by atoms with van der Waals surface area (Å²) >= 11 is 0. The van der Waals surface area contributed by atoms with Crippen LogP contribution in [0, 0.1) is 0 Å². The number of aromatic nitrogens is 1. The summed E-state index contributed by atoms with van der Waals surface area (Å²) < 4.78 is 5.44. The normalized spacial score (nSPS) is 11.2. The highest BCUT2D eigenvalue weighted by Gasteiger charge is 2.18. The minimum atomic E-state index is -0.0202. The molecule has 1 heterocycles. The Morgan fingerprint density at radius 3 is 2.52 bits per heavy atom. The van der Waals surface area contributed by atoms with Crippen LogP contribution >= 0.6 is 0 Å². The SMILES string of the molecule is CCOc1cccc(NC(C)(C)CCc2ccccc2)n1. The minimum Gasteiger partial charge on any atom is -0.478 e. The van der Waals surface area contributed by atoms with E-state index in [-0.39, 0.29) is 5.54 Å². The summed E-state index contributed by atoms with van der Waals surface area (Å²) in [5, 5.41) is 3.50. The molecular formula is C18H24N2O. The number of nitrogens with zero attached hydrogens (tertiary/aromatic N) is 1. The van der Waals surface area contributed by atoms with Gasteiger partial charge in [0.15, 0.2) is 0 Å². The molecule has 112 valence electrons. The van der Waals surface area contributed by atoms with Crippen molar-refractivity contribution in [2.75, 3.05) is 11.9 Å². The lowest BCUT2D eigenvalue weighted by atomic mass is 9.95. The van der Waals surface area contributed by atoms with Crippen molar-refractivity contribution in [3.05, 3.63) is 54.1 Å².